The lowest BCUT2D eigenvalue weighted by Crippen LogP contribution is -2.08. The molecule has 0 amide bonds. The van der Waals surface area contributed by atoms with Gasteiger partial charge in [-0.3, -0.25) is 0 Å². The smallest absolute Gasteiger partial charge is 0.0726 e. The molecule has 1 aromatic rings. The molecule has 1 aromatic carbocycles. The molecule has 0 spiro atoms. The van der Waals surface area contributed by atoms with E-state index in [0.29, 0.717) is 0 Å². The summed E-state index contributed by atoms with van der Waals surface area (Å²) in [6.07, 6.45) is 4.88. The first-order valence-corrected chi connectivity index (χ1v) is 5.62. The normalized spacial score (nSPS) is 21.3. The largest absolute Gasteiger partial charge is 0.389 e. The molecule has 1 aliphatic carbocycles. The molecule has 0 saturated heterocycles. The van der Waals surface area contributed by atoms with Crippen molar-refractivity contribution in [1.29, 1.82) is 0 Å². The second kappa shape index (κ2) is 4.19. The van der Waals surface area contributed by atoms with Crippen LogP contribution >= 0.6 is 0 Å². The van der Waals surface area contributed by atoms with E-state index >= 15 is 0 Å². The molecular formula is C14H18O. The van der Waals surface area contributed by atoms with E-state index in [0.717, 1.165) is 19.3 Å². The number of aliphatic hydroxyl groups is 1. The molecule has 2 rings (SSSR count). The number of rotatable bonds is 1. The lowest BCUT2D eigenvalue weighted by molar-refractivity contribution is 0.206. The quantitative estimate of drug-likeness (QED) is 0.741. The van der Waals surface area contributed by atoms with Crippen molar-refractivity contribution < 1.29 is 5.11 Å². The van der Waals surface area contributed by atoms with Crippen LogP contribution in [-0.2, 0) is 0 Å². The molecule has 0 heterocycles. The van der Waals surface area contributed by atoms with Crippen molar-refractivity contribution in [3.05, 3.63) is 41.0 Å². The molecule has 1 atom stereocenters. The summed E-state index contributed by atoms with van der Waals surface area (Å²) in [5.41, 5.74) is 5.18. The Labute approximate surface area is 91.4 Å². The van der Waals surface area contributed by atoms with Gasteiger partial charge in [0.05, 0.1) is 6.10 Å². The van der Waals surface area contributed by atoms with Crippen molar-refractivity contribution >= 4 is 5.57 Å². The minimum atomic E-state index is -0.241. The second-order valence-corrected chi connectivity index (χ2v) is 4.53. The molecule has 0 bridgehead atoms. The van der Waals surface area contributed by atoms with Gasteiger partial charge in [-0.15, -0.1) is 0 Å². The monoisotopic (exact) mass is 202 g/mol. The highest BCUT2D eigenvalue weighted by atomic mass is 16.3. The average molecular weight is 202 g/mol. The molecule has 0 aromatic heterocycles. The first-order chi connectivity index (χ1) is 7.15. The van der Waals surface area contributed by atoms with Crippen molar-refractivity contribution in [2.75, 3.05) is 0 Å². The molecule has 1 N–H and O–H groups in total. The molecule has 0 aliphatic heterocycles. The summed E-state index contributed by atoms with van der Waals surface area (Å²) >= 11 is 0. The van der Waals surface area contributed by atoms with Gasteiger partial charge in [-0.25, -0.2) is 0 Å². The highest BCUT2D eigenvalue weighted by Gasteiger charge is 2.12. The fourth-order valence-electron chi connectivity index (χ4n) is 2.30. The van der Waals surface area contributed by atoms with Crippen molar-refractivity contribution in [3.63, 3.8) is 0 Å². The molecule has 0 fully saturated rings. The van der Waals surface area contributed by atoms with Gasteiger partial charge in [0.2, 0.25) is 0 Å². The van der Waals surface area contributed by atoms with E-state index in [4.69, 9.17) is 0 Å². The Morgan fingerprint density at radius 2 is 1.80 bits per heavy atom. The van der Waals surface area contributed by atoms with Crippen LogP contribution in [0.25, 0.3) is 5.57 Å². The van der Waals surface area contributed by atoms with Crippen LogP contribution in [0.3, 0.4) is 0 Å². The van der Waals surface area contributed by atoms with Gasteiger partial charge in [-0.2, -0.15) is 0 Å². The predicted octanol–water partition coefficient (Wildman–Crippen LogP) is 3.23. The summed E-state index contributed by atoms with van der Waals surface area (Å²) in [5.74, 6) is 0. The summed E-state index contributed by atoms with van der Waals surface area (Å²) < 4.78 is 0. The number of aryl methyl sites for hydroxylation is 2. The maximum absolute atomic E-state index is 9.60. The van der Waals surface area contributed by atoms with E-state index in [1.807, 2.05) is 6.08 Å². The number of hydrogen-bond acceptors (Lipinski definition) is 1. The second-order valence-electron chi connectivity index (χ2n) is 4.53. The lowest BCUT2D eigenvalue weighted by atomic mass is 9.91. The zero-order valence-electron chi connectivity index (χ0n) is 9.46. The van der Waals surface area contributed by atoms with Gasteiger partial charge in [-0.05, 0) is 44.2 Å². The maximum Gasteiger partial charge on any atom is 0.0726 e. The van der Waals surface area contributed by atoms with Crippen LogP contribution in [0.15, 0.2) is 24.3 Å². The van der Waals surface area contributed by atoms with Crippen LogP contribution in [-0.4, -0.2) is 11.2 Å². The number of benzene rings is 1. The van der Waals surface area contributed by atoms with E-state index in [-0.39, 0.29) is 6.10 Å². The molecule has 1 nitrogen and oxygen atoms in total. The van der Waals surface area contributed by atoms with Crippen molar-refractivity contribution in [3.8, 4) is 0 Å². The van der Waals surface area contributed by atoms with Crippen LogP contribution in [0, 0.1) is 13.8 Å². The van der Waals surface area contributed by atoms with Crippen LogP contribution in [0.5, 0.6) is 0 Å². The Morgan fingerprint density at radius 1 is 1.13 bits per heavy atom. The minimum absolute atomic E-state index is 0.241. The van der Waals surface area contributed by atoms with Gasteiger partial charge in [0.25, 0.3) is 0 Å². The summed E-state index contributed by atoms with van der Waals surface area (Å²) in [7, 11) is 0. The molecule has 15 heavy (non-hydrogen) atoms. The van der Waals surface area contributed by atoms with Gasteiger partial charge >= 0.3 is 0 Å². The first-order valence-electron chi connectivity index (χ1n) is 5.62. The topological polar surface area (TPSA) is 20.2 Å². The van der Waals surface area contributed by atoms with E-state index in [9.17, 15) is 5.11 Å². The van der Waals surface area contributed by atoms with Gasteiger partial charge < -0.3 is 5.11 Å². The first kappa shape index (κ1) is 10.4. The third kappa shape index (κ3) is 2.48. The standard InChI is InChI=1S/C14H18O/c1-10-6-11(2)8-13(7-10)12-4-3-5-14(15)9-12/h6-9,14-15H,3-5H2,1-2H3/t14-/m1/s1. The van der Waals surface area contributed by atoms with Crippen LogP contribution in [0.1, 0.15) is 36.0 Å². The van der Waals surface area contributed by atoms with Crippen molar-refractivity contribution in [1.82, 2.24) is 0 Å². The average Bonchev–Trinajstić information content (AvgIpc) is 2.16. The van der Waals surface area contributed by atoms with Gasteiger partial charge in [-0.1, -0.05) is 35.4 Å². The van der Waals surface area contributed by atoms with Gasteiger partial charge in [0.1, 0.15) is 0 Å². The van der Waals surface area contributed by atoms with E-state index < -0.39 is 0 Å². The molecule has 80 valence electrons. The Kier molecular flexibility index (Phi) is 2.92. The summed E-state index contributed by atoms with van der Waals surface area (Å²) in [5, 5.41) is 9.60. The zero-order valence-corrected chi connectivity index (χ0v) is 9.46. The Hall–Kier alpha value is -1.08. The van der Waals surface area contributed by atoms with E-state index in [2.05, 4.69) is 32.0 Å². The lowest BCUT2D eigenvalue weighted by Gasteiger charge is -2.18. The van der Waals surface area contributed by atoms with Crippen LogP contribution < -0.4 is 0 Å². The third-order valence-electron chi connectivity index (χ3n) is 2.93. The van der Waals surface area contributed by atoms with Crippen LogP contribution in [0.2, 0.25) is 0 Å². The van der Waals surface area contributed by atoms with Crippen molar-refractivity contribution in [2.45, 2.75) is 39.2 Å². The molecular weight excluding hydrogens is 184 g/mol. The SMILES string of the molecule is Cc1cc(C)cc(C2=C[C@H](O)CCC2)c1. The summed E-state index contributed by atoms with van der Waals surface area (Å²) in [4.78, 5) is 0. The zero-order chi connectivity index (χ0) is 10.8. The minimum Gasteiger partial charge on any atom is -0.389 e. The van der Waals surface area contributed by atoms with Gasteiger partial charge in [0, 0.05) is 0 Å². The highest BCUT2D eigenvalue weighted by Crippen LogP contribution is 2.28. The predicted molar refractivity (Wildman–Crippen MR) is 63.8 cm³/mol. The fourth-order valence-corrected chi connectivity index (χ4v) is 2.30. The summed E-state index contributed by atoms with van der Waals surface area (Å²) in [6.45, 7) is 4.24. The molecule has 0 radical (unpaired) electrons. The molecule has 1 heteroatoms. The van der Waals surface area contributed by atoms with Crippen LogP contribution in [0.4, 0.5) is 0 Å². The Morgan fingerprint density at radius 3 is 2.40 bits per heavy atom. The highest BCUT2D eigenvalue weighted by molar-refractivity contribution is 5.67. The number of hydrogen-bond donors (Lipinski definition) is 1. The molecule has 1 aliphatic rings. The van der Waals surface area contributed by atoms with E-state index in [1.54, 1.807) is 0 Å². The van der Waals surface area contributed by atoms with Gasteiger partial charge in [0.15, 0.2) is 0 Å². The van der Waals surface area contributed by atoms with Crippen molar-refractivity contribution in [2.24, 2.45) is 0 Å². The Balaban J connectivity index is 2.36. The number of aliphatic hydroxyl groups excluding tert-OH is 1. The van der Waals surface area contributed by atoms with E-state index in [1.165, 1.54) is 22.3 Å². The third-order valence-corrected chi connectivity index (χ3v) is 2.93. The summed E-state index contributed by atoms with van der Waals surface area (Å²) in [6, 6.07) is 6.59. The number of allylic oxidation sites excluding steroid dienone is 1. The molecule has 0 saturated carbocycles. The maximum atomic E-state index is 9.60. The molecule has 0 unspecified atom stereocenters. The Bertz CT molecular complexity index is 370. The fraction of sp³-hybridized carbons (Fsp3) is 0.429.